The minimum absolute atomic E-state index is 0.335. The van der Waals surface area contributed by atoms with Crippen LogP contribution in [0.25, 0.3) is 0 Å². The van der Waals surface area contributed by atoms with Crippen LogP contribution in [0.2, 0.25) is 0 Å². The summed E-state index contributed by atoms with van der Waals surface area (Å²) in [4.78, 5) is 6.65. The van der Waals surface area contributed by atoms with Crippen molar-refractivity contribution in [1.29, 1.82) is 0 Å². The lowest BCUT2D eigenvalue weighted by atomic mass is 10.3. The Morgan fingerprint density at radius 2 is 2.27 bits per heavy atom. The summed E-state index contributed by atoms with van der Waals surface area (Å²) in [6, 6.07) is 6.27. The molecule has 0 fully saturated rings. The zero-order valence-corrected chi connectivity index (χ0v) is 11.0. The van der Waals surface area contributed by atoms with Crippen molar-refractivity contribution in [3.05, 3.63) is 22.8 Å². The molecule has 15 heavy (non-hydrogen) atoms. The van der Waals surface area contributed by atoms with Crippen LogP contribution in [0.1, 0.15) is 13.8 Å². The van der Waals surface area contributed by atoms with Crippen LogP contribution in [-0.2, 0) is 4.74 Å². The monoisotopic (exact) mass is 272 g/mol. The lowest BCUT2D eigenvalue weighted by Crippen LogP contribution is -2.36. The molecule has 0 N–H and O–H groups in total. The Labute approximate surface area is 99.6 Å². The van der Waals surface area contributed by atoms with Crippen molar-refractivity contribution in [2.75, 3.05) is 25.2 Å². The molecule has 1 aromatic heterocycles. The summed E-state index contributed by atoms with van der Waals surface area (Å²) in [7, 11) is 1.72. The molecule has 0 aliphatic heterocycles. The van der Waals surface area contributed by atoms with Crippen LogP contribution in [0.3, 0.4) is 0 Å². The molecule has 1 rings (SSSR count). The highest BCUT2D eigenvalue weighted by Gasteiger charge is 2.13. The third kappa shape index (κ3) is 3.47. The Kier molecular flexibility index (Phi) is 5.05. The minimum atomic E-state index is 0.335. The number of halogens is 1. The molecule has 0 saturated heterocycles. The SMILES string of the molecule is CCN(c1cccc(Br)n1)C(C)COC. The lowest BCUT2D eigenvalue weighted by Gasteiger charge is -2.28. The van der Waals surface area contributed by atoms with Crippen LogP contribution in [-0.4, -0.2) is 31.3 Å². The van der Waals surface area contributed by atoms with Crippen molar-refractivity contribution in [2.45, 2.75) is 19.9 Å². The smallest absolute Gasteiger partial charge is 0.130 e. The number of ether oxygens (including phenoxy) is 1. The van der Waals surface area contributed by atoms with E-state index in [1.807, 2.05) is 18.2 Å². The van der Waals surface area contributed by atoms with E-state index in [4.69, 9.17) is 4.74 Å². The molecule has 0 bridgehead atoms. The molecular formula is C11H17BrN2O. The topological polar surface area (TPSA) is 25.4 Å². The summed E-state index contributed by atoms with van der Waals surface area (Å²) in [5.74, 6) is 0.983. The van der Waals surface area contributed by atoms with Crippen LogP contribution < -0.4 is 4.90 Å². The van der Waals surface area contributed by atoms with Gasteiger partial charge in [-0.25, -0.2) is 4.98 Å². The van der Waals surface area contributed by atoms with Crippen LogP contribution in [0.15, 0.2) is 22.8 Å². The summed E-state index contributed by atoms with van der Waals surface area (Å²) < 4.78 is 6.02. The number of hydrogen-bond acceptors (Lipinski definition) is 3. The van der Waals surface area contributed by atoms with E-state index < -0.39 is 0 Å². The molecule has 84 valence electrons. The second-order valence-corrected chi connectivity index (χ2v) is 4.22. The van der Waals surface area contributed by atoms with Crippen molar-refractivity contribution in [2.24, 2.45) is 0 Å². The van der Waals surface area contributed by atoms with Crippen LogP contribution in [0.5, 0.6) is 0 Å². The molecule has 4 heteroatoms. The lowest BCUT2D eigenvalue weighted by molar-refractivity contribution is 0.181. The van der Waals surface area contributed by atoms with Gasteiger partial charge in [-0.15, -0.1) is 0 Å². The fourth-order valence-corrected chi connectivity index (χ4v) is 1.92. The summed E-state index contributed by atoms with van der Waals surface area (Å²) in [6.45, 7) is 5.89. The largest absolute Gasteiger partial charge is 0.383 e. The highest BCUT2D eigenvalue weighted by atomic mass is 79.9. The quantitative estimate of drug-likeness (QED) is 0.771. The van der Waals surface area contributed by atoms with Gasteiger partial charge in [0.1, 0.15) is 10.4 Å². The average Bonchev–Trinajstić information content (AvgIpc) is 2.19. The first-order valence-electron chi connectivity index (χ1n) is 5.07. The molecule has 0 radical (unpaired) electrons. The molecule has 0 spiro atoms. The zero-order valence-electron chi connectivity index (χ0n) is 9.40. The first-order valence-corrected chi connectivity index (χ1v) is 5.86. The normalized spacial score (nSPS) is 12.5. The van der Waals surface area contributed by atoms with E-state index >= 15 is 0 Å². The van der Waals surface area contributed by atoms with Gasteiger partial charge in [0.15, 0.2) is 0 Å². The van der Waals surface area contributed by atoms with Gasteiger partial charge in [-0.1, -0.05) is 6.07 Å². The van der Waals surface area contributed by atoms with Gasteiger partial charge in [0.25, 0.3) is 0 Å². The number of methoxy groups -OCH3 is 1. The summed E-state index contributed by atoms with van der Waals surface area (Å²) in [5, 5.41) is 0. The van der Waals surface area contributed by atoms with E-state index in [0.717, 1.165) is 17.0 Å². The maximum absolute atomic E-state index is 5.16. The zero-order chi connectivity index (χ0) is 11.3. The molecule has 1 heterocycles. The number of aromatic nitrogens is 1. The molecule has 0 saturated carbocycles. The van der Waals surface area contributed by atoms with E-state index in [1.165, 1.54) is 0 Å². The van der Waals surface area contributed by atoms with Gasteiger partial charge in [0.2, 0.25) is 0 Å². The van der Waals surface area contributed by atoms with Gasteiger partial charge < -0.3 is 9.64 Å². The minimum Gasteiger partial charge on any atom is -0.383 e. The molecule has 1 atom stereocenters. The van der Waals surface area contributed by atoms with Gasteiger partial charge in [0.05, 0.1) is 12.6 Å². The van der Waals surface area contributed by atoms with Crippen molar-refractivity contribution in [3.8, 4) is 0 Å². The number of nitrogens with zero attached hydrogens (tertiary/aromatic N) is 2. The highest BCUT2D eigenvalue weighted by molar-refractivity contribution is 9.10. The summed E-state index contributed by atoms with van der Waals surface area (Å²) >= 11 is 3.38. The Morgan fingerprint density at radius 3 is 2.80 bits per heavy atom. The van der Waals surface area contributed by atoms with E-state index in [-0.39, 0.29) is 0 Å². The number of likely N-dealkylation sites (N-methyl/N-ethyl adjacent to an activating group) is 1. The molecule has 1 aromatic rings. The molecule has 1 unspecified atom stereocenters. The van der Waals surface area contributed by atoms with Gasteiger partial charge >= 0.3 is 0 Å². The number of anilines is 1. The van der Waals surface area contributed by atoms with Crippen molar-refractivity contribution in [1.82, 2.24) is 4.98 Å². The van der Waals surface area contributed by atoms with E-state index in [2.05, 4.69) is 39.7 Å². The third-order valence-electron chi connectivity index (χ3n) is 2.28. The first kappa shape index (κ1) is 12.5. The molecule has 3 nitrogen and oxygen atoms in total. The fraction of sp³-hybridized carbons (Fsp3) is 0.545. The Balaban J connectivity index is 2.82. The number of hydrogen-bond donors (Lipinski definition) is 0. The summed E-state index contributed by atoms with van der Waals surface area (Å²) in [5.41, 5.74) is 0. The van der Waals surface area contributed by atoms with E-state index in [9.17, 15) is 0 Å². The molecule has 0 amide bonds. The van der Waals surface area contributed by atoms with E-state index in [0.29, 0.717) is 12.6 Å². The first-order chi connectivity index (χ1) is 7.19. The Morgan fingerprint density at radius 1 is 1.53 bits per heavy atom. The fourth-order valence-electron chi connectivity index (χ4n) is 1.59. The van der Waals surface area contributed by atoms with Crippen LogP contribution in [0, 0.1) is 0 Å². The van der Waals surface area contributed by atoms with Crippen molar-refractivity contribution < 1.29 is 4.74 Å². The maximum atomic E-state index is 5.16. The predicted molar refractivity (Wildman–Crippen MR) is 66.3 cm³/mol. The van der Waals surface area contributed by atoms with E-state index in [1.54, 1.807) is 7.11 Å². The standard InChI is InChI=1S/C11H17BrN2O/c1-4-14(9(2)8-15-3)11-7-5-6-10(12)13-11/h5-7,9H,4,8H2,1-3H3. The molecule has 0 aliphatic carbocycles. The van der Waals surface area contributed by atoms with Gasteiger partial charge in [0, 0.05) is 13.7 Å². The van der Waals surface area contributed by atoms with Gasteiger partial charge in [-0.05, 0) is 41.9 Å². The summed E-state index contributed by atoms with van der Waals surface area (Å²) in [6.07, 6.45) is 0. The predicted octanol–water partition coefficient (Wildman–Crippen LogP) is 2.71. The number of rotatable bonds is 5. The Bertz CT molecular complexity index is 306. The second-order valence-electron chi connectivity index (χ2n) is 3.41. The van der Waals surface area contributed by atoms with Crippen molar-refractivity contribution in [3.63, 3.8) is 0 Å². The van der Waals surface area contributed by atoms with Crippen LogP contribution >= 0.6 is 15.9 Å². The van der Waals surface area contributed by atoms with Gasteiger partial charge in [-0.2, -0.15) is 0 Å². The second kappa shape index (κ2) is 6.08. The molecular weight excluding hydrogens is 256 g/mol. The molecule has 0 aliphatic rings. The van der Waals surface area contributed by atoms with Crippen molar-refractivity contribution >= 4 is 21.7 Å². The number of pyridine rings is 1. The maximum Gasteiger partial charge on any atom is 0.130 e. The molecule has 0 aromatic carbocycles. The van der Waals surface area contributed by atoms with Crippen LogP contribution in [0.4, 0.5) is 5.82 Å². The average molecular weight is 273 g/mol. The van der Waals surface area contributed by atoms with Gasteiger partial charge in [-0.3, -0.25) is 0 Å². The Hall–Kier alpha value is -0.610. The highest BCUT2D eigenvalue weighted by Crippen LogP contribution is 2.17. The third-order valence-corrected chi connectivity index (χ3v) is 2.72.